The summed E-state index contributed by atoms with van der Waals surface area (Å²) < 4.78 is 0. The van der Waals surface area contributed by atoms with E-state index in [0.29, 0.717) is 12.1 Å². The van der Waals surface area contributed by atoms with E-state index in [1.807, 2.05) is 17.5 Å². The van der Waals surface area contributed by atoms with Crippen molar-refractivity contribution in [1.29, 1.82) is 5.26 Å². The molecule has 1 aliphatic heterocycles. The summed E-state index contributed by atoms with van der Waals surface area (Å²) in [6.07, 6.45) is 1.80. The Morgan fingerprint density at radius 2 is 2.56 bits per heavy atom. The van der Waals surface area contributed by atoms with Crippen molar-refractivity contribution < 1.29 is 5.11 Å². The van der Waals surface area contributed by atoms with Gasteiger partial charge in [0.1, 0.15) is 6.07 Å². The Hall–Kier alpha value is -1.22. The molecule has 2 heterocycles. The molecule has 1 aromatic heterocycles. The van der Waals surface area contributed by atoms with Crippen LogP contribution in [0.2, 0.25) is 0 Å². The van der Waals surface area contributed by atoms with Crippen LogP contribution in [0.3, 0.4) is 0 Å². The van der Waals surface area contributed by atoms with Gasteiger partial charge in [0.15, 0.2) is 0 Å². The van der Waals surface area contributed by atoms with Crippen LogP contribution in [0, 0.1) is 11.3 Å². The van der Waals surface area contributed by atoms with Crippen LogP contribution in [0.4, 0.5) is 0 Å². The molecule has 0 aromatic carbocycles. The highest BCUT2D eigenvalue weighted by Gasteiger charge is 2.30. The molecule has 0 spiro atoms. The molecule has 0 radical (unpaired) electrons. The fourth-order valence-electron chi connectivity index (χ4n) is 1.88. The predicted octanol–water partition coefficient (Wildman–Crippen LogP) is 2.54. The number of hydrogen-bond acceptors (Lipinski definition) is 5. The van der Waals surface area contributed by atoms with Crippen molar-refractivity contribution in [2.75, 3.05) is 18.9 Å². The minimum absolute atomic E-state index is 0.0753. The molecule has 1 fully saturated rings. The molecule has 1 aromatic rings. The number of nitrogens with zero attached hydrogens (tertiary/aromatic N) is 2. The van der Waals surface area contributed by atoms with Crippen molar-refractivity contribution in [2.24, 2.45) is 0 Å². The lowest BCUT2D eigenvalue weighted by atomic mass is 10.2. The Balaban J connectivity index is 2.40. The second-order valence-electron chi connectivity index (χ2n) is 3.86. The monoisotopic (exact) mass is 278 g/mol. The Morgan fingerprint density at radius 3 is 3.11 bits per heavy atom. The number of aliphatic hydroxyl groups is 1. The third kappa shape index (κ3) is 2.46. The standard InChI is InChI=1S/C13H14N2OS2/c1-2-5-15-10(8-16)9-18-13(15)11(7-14)12-4-3-6-17-12/h2-4,6,10,16H,1,5,8-9H2/b13-11+. The van der Waals surface area contributed by atoms with Crippen LogP contribution >= 0.6 is 23.1 Å². The SMILES string of the molecule is C=CCN1/C(=C(/C#N)c2cccs2)SCC1CO. The van der Waals surface area contributed by atoms with E-state index in [4.69, 9.17) is 0 Å². The zero-order valence-electron chi connectivity index (χ0n) is 9.87. The number of thiophene rings is 1. The van der Waals surface area contributed by atoms with E-state index in [-0.39, 0.29) is 12.6 Å². The van der Waals surface area contributed by atoms with Crippen molar-refractivity contribution in [2.45, 2.75) is 6.04 Å². The van der Waals surface area contributed by atoms with Crippen molar-refractivity contribution >= 4 is 28.7 Å². The Kier molecular flexibility index (Phi) is 4.48. The number of hydrogen-bond donors (Lipinski definition) is 1. The smallest absolute Gasteiger partial charge is 0.103 e. The molecule has 0 aliphatic carbocycles. The van der Waals surface area contributed by atoms with Gasteiger partial charge in [-0.25, -0.2) is 0 Å². The molecule has 0 bridgehead atoms. The number of aliphatic hydroxyl groups excluding tert-OH is 1. The maximum absolute atomic E-state index is 9.37. The molecular weight excluding hydrogens is 264 g/mol. The average molecular weight is 278 g/mol. The molecule has 94 valence electrons. The molecular formula is C13H14N2OS2. The summed E-state index contributed by atoms with van der Waals surface area (Å²) in [5.74, 6) is 0.816. The van der Waals surface area contributed by atoms with Crippen LogP contribution in [-0.4, -0.2) is 35.0 Å². The van der Waals surface area contributed by atoms with E-state index in [2.05, 4.69) is 17.5 Å². The van der Waals surface area contributed by atoms with Crippen molar-refractivity contribution in [1.82, 2.24) is 4.90 Å². The van der Waals surface area contributed by atoms with Gasteiger partial charge < -0.3 is 10.0 Å². The quantitative estimate of drug-likeness (QED) is 0.679. The molecule has 1 atom stereocenters. The fourth-order valence-corrected chi connectivity index (χ4v) is 3.99. The van der Waals surface area contributed by atoms with Gasteiger partial charge in [0.2, 0.25) is 0 Å². The summed E-state index contributed by atoms with van der Waals surface area (Å²) in [6.45, 7) is 4.50. The van der Waals surface area contributed by atoms with Crippen LogP contribution in [-0.2, 0) is 0 Å². The zero-order chi connectivity index (χ0) is 13.0. The first kappa shape index (κ1) is 13.2. The highest BCUT2D eigenvalue weighted by molar-refractivity contribution is 8.03. The number of thioether (sulfide) groups is 1. The van der Waals surface area contributed by atoms with Gasteiger partial charge in [0.25, 0.3) is 0 Å². The Morgan fingerprint density at radius 1 is 1.72 bits per heavy atom. The van der Waals surface area contributed by atoms with E-state index in [1.54, 1.807) is 29.2 Å². The molecule has 0 saturated carbocycles. The summed E-state index contributed by atoms with van der Waals surface area (Å²) in [7, 11) is 0. The lowest BCUT2D eigenvalue weighted by molar-refractivity contribution is 0.193. The summed E-state index contributed by atoms with van der Waals surface area (Å²) >= 11 is 3.20. The molecule has 18 heavy (non-hydrogen) atoms. The van der Waals surface area contributed by atoms with Crippen LogP contribution < -0.4 is 0 Å². The minimum Gasteiger partial charge on any atom is -0.394 e. The van der Waals surface area contributed by atoms with Crippen molar-refractivity contribution in [3.63, 3.8) is 0 Å². The van der Waals surface area contributed by atoms with Crippen LogP contribution in [0.15, 0.2) is 35.2 Å². The van der Waals surface area contributed by atoms with Crippen LogP contribution in [0.25, 0.3) is 5.57 Å². The molecule has 1 saturated heterocycles. The van der Waals surface area contributed by atoms with Crippen LogP contribution in [0.1, 0.15) is 4.88 Å². The topological polar surface area (TPSA) is 47.3 Å². The van der Waals surface area contributed by atoms with Gasteiger partial charge in [-0.1, -0.05) is 12.1 Å². The van der Waals surface area contributed by atoms with E-state index in [9.17, 15) is 10.4 Å². The number of rotatable bonds is 4. The fraction of sp³-hybridized carbons (Fsp3) is 0.308. The number of allylic oxidation sites excluding steroid dienone is 1. The summed E-state index contributed by atoms with van der Waals surface area (Å²) in [4.78, 5) is 3.04. The lowest BCUT2D eigenvalue weighted by Crippen LogP contribution is -2.33. The van der Waals surface area contributed by atoms with E-state index >= 15 is 0 Å². The Labute approximate surface area is 115 Å². The molecule has 1 unspecified atom stereocenters. The van der Waals surface area contributed by atoms with Gasteiger partial charge in [-0.2, -0.15) is 5.26 Å². The van der Waals surface area contributed by atoms with Gasteiger partial charge in [-0.05, 0) is 11.4 Å². The highest BCUT2D eigenvalue weighted by Crippen LogP contribution is 2.38. The van der Waals surface area contributed by atoms with Gasteiger partial charge in [0.05, 0.1) is 23.3 Å². The average Bonchev–Trinajstić information content (AvgIpc) is 3.02. The highest BCUT2D eigenvalue weighted by atomic mass is 32.2. The second kappa shape index (κ2) is 6.10. The predicted molar refractivity (Wildman–Crippen MR) is 77.1 cm³/mol. The van der Waals surface area contributed by atoms with Crippen molar-refractivity contribution in [3.8, 4) is 6.07 Å². The van der Waals surface area contributed by atoms with Gasteiger partial charge in [-0.3, -0.25) is 0 Å². The van der Waals surface area contributed by atoms with Gasteiger partial charge in [-0.15, -0.1) is 29.7 Å². The molecule has 5 heteroatoms. The third-order valence-corrected chi connectivity index (χ3v) is 4.89. The lowest BCUT2D eigenvalue weighted by Gasteiger charge is -2.24. The summed E-state index contributed by atoms with van der Waals surface area (Å²) in [5.41, 5.74) is 0.702. The van der Waals surface area contributed by atoms with Gasteiger partial charge in [0, 0.05) is 17.2 Å². The largest absolute Gasteiger partial charge is 0.394 e. The Bertz CT molecular complexity index is 488. The first-order chi connectivity index (χ1) is 8.81. The van der Waals surface area contributed by atoms with E-state index < -0.39 is 0 Å². The van der Waals surface area contributed by atoms with Crippen molar-refractivity contribution in [3.05, 3.63) is 40.1 Å². The van der Waals surface area contributed by atoms with E-state index in [1.165, 1.54) is 0 Å². The molecule has 3 nitrogen and oxygen atoms in total. The van der Waals surface area contributed by atoms with Crippen LogP contribution in [0.5, 0.6) is 0 Å². The minimum atomic E-state index is 0.0753. The summed E-state index contributed by atoms with van der Waals surface area (Å²) in [5, 5.41) is 21.7. The zero-order valence-corrected chi connectivity index (χ0v) is 11.5. The normalized spacial score (nSPS) is 21.8. The molecule has 0 amide bonds. The first-order valence-corrected chi connectivity index (χ1v) is 7.47. The summed E-state index contributed by atoms with van der Waals surface area (Å²) in [6, 6.07) is 6.26. The molecule has 1 N–H and O–H groups in total. The maximum Gasteiger partial charge on any atom is 0.103 e. The van der Waals surface area contributed by atoms with Gasteiger partial charge >= 0.3 is 0 Å². The van der Waals surface area contributed by atoms with E-state index in [0.717, 1.165) is 15.7 Å². The third-order valence-electron chi connectivity index (χ3n) is 2.74. The molecule has 1 aliphatic rings. The molecule has 2 rings (SSSR count). The second-order valence-corrected chi connectivity index (χ2v) is 5.81. The first-order valence-electron chi connectivity index (χ1n) is 5.61. The maximum atomic E-state index is 9.37. The number of nitriles is 1.